The second-order valence-electron chi connectivity index (χ2n) is 5.04. The summed E-state index contributed by atoms with van der Waals surface area (Å²) >= 11 is 0. The number of aryl methyl sites for hydroxylation is 1. The Hall–Kier alpha value is -1.07. The van der Waals surface area contributed by atoms with Crippen molar-refractivity contribution >= 4 is 0 Å². The van der Waals surface area contributed by atoms with Crippen molar-refractivity contribution in [3.8, 4) is 5.75 Å². The van der Waals surface area contributed by atoms with Crippen LogP contribution in [0.1, 0.15) is 51.8 Å². The molecule has 0 aliphatic heterocycles. The maximum atomic E-state index is 5.47. The monoisotopic (exact) mass is 283 g/mol. The number of nitrogens with one attached hydrogen (secondary N) is 1. The van der Waals surface area contributed by atoms with Crippen molar-refractivity contribution in [2.45, 2.75) is 58.7 Å². The minimum absolute atomic E-state index is 0.255. The summed E-state index contributed by atoms with van der Waals surface area (Å²) in [6, 6.07) is 0.255. The molecule has 0 aliphatic carbocycles. The van der Waals surface area contributed by atoms with Crippen LogP contribution in [0.2, 0.25) is 0 Å². The molecular formula is C15H29N3O2. The van der Waals surface area contributed by atoms with E-state index >= 15 is 0 Å². The van der Waals surface area contributed by atoms with Crippen molar-refractivity contribution in [1.29, 1.82) is 0 Å². The van der Waals surface area contributed by atoms with Gasteiger partial charge in [0.05, 0.1) is 31.1 Å². The largest absolute Gasteiger partial charge is 0.493 e. The molecule has 1 rings (SSSR count). The lowest BCUT2D eigenvalue weighted by molar-refractivity contribution is 0.105. The smallest absolute Gasteiger partial charge is 0.161 e. The van der Waals surface area contributed by atoms with E-state index in [9.17, 15) is 0 Å². The second-order valence-corrected chi connectivity index (χ2v) is 5.04. The molecule has 116 valence electrons. The van der Waals surface area contributed by atoms with Gasteiger partial charge in [-0.25, -0.2) is 0 Å². The summed E-state index contributed by atoms with van der Waals surface area (Å²) in [6.45, 7) is 8.22. The third-order valence-corrected chi connectivity index (χ3v) is 3.60. The molecule has 0 aliphatic rings. The maximum absolute atomic E-state index is 5.47. The topological polar surface area (TPSA) is 48.3 Å². The van der Waals surface area contributed by atoms with Crippen LogP contribution in [0, 0.1) is 0 Å². The number of hydrogen-bond donors (Lipinski definition) is 1. The Morgan fingerprint density at radius 1 is 1.30 bits per heavy atom. The van der Waals surface area contributed by atoms with Crippen molar-refractivity contribution in [2.24, 2.45) is 0 Å². The predicted octanol–water partition coefficient (Wildman–Crippen LogP) is 2.77. The molecule has 2 unspecified atom stereocenters. The average molecular weight is 283 g/mol. The van der Waals surface area contributed by atoms with E-state index < -0.39 is 0 Å². The van der Waals surface area contributed by atoms with E-state index in [0.29, 0.717) is 0 Å². The minimum Gasteiger partial charge on any atom is -0.493 e. The summed E-state index contributed by atoms with van der Waals surface area (Å²) in [6.07, 6.45) is 5.20. The van der Waals surface area contributed by atoms with Crippen LogP contribution < -0.4 is 10.1 Å². The Balaban J connectivity index is 2.87. The van der Waals surface area contributed by atoms with Gasteiger partial charge in [-0.2, -0.15) is 5.10 Å². The number of rotatable bonds is 10. The molecule has 0 fully saturated rings. The second kappa shape index (κ2) is 8.97. The van der Waals surface area contributed by atoms with Gasteiger partial charge in [0.25, 0.3) is 0 Å². The van der Waals surface area contributed by atoms with Gasteiger partial charge in [-0.15, -0.1) is 0 Å². The van der Waals surface area contributed by atoms with Crippen LogP contribution >= 0.6 is 0 Å². The molecule has 0 bridgehead atoms. The molecule has 2 atom stereocenters. The highest BCUT2D eigenvalue weighted by molar-refractivity contribution is 5.28. The Morgan fingerprint density at radius 3 is 2.60 bits per heavy atom. The van der Waals surface area contributed by atoms with E-state index in [1.807, 2.05) is 4.68 Å². The Labute approximate surface area is 122 Å². The minimum atomic E-state index is 0.255. The van der Waals surface area contributed by atoms with Crippen molar-refractivity contribution < 1.29 is 9.47 Å². The fourth-order valence-corrected chi connectivity index (χ4v) is 2.31. The molecule has 0 spiro atoms. The molecule has 0 aromatic carbocycles. The zero-order valence-corrected chi connectivity index (χ0v) is 13.5. The molecule has 20 heavy (non-hydrogen) atoms. The van der Waals surface area contributed by atoms with Crippen LogP contribution in [0.25, 0.3) is 0 Å². The Morgan fingerprint density at radius 2 is 2.05 bits per heavy atom. The van der Waals surface area contributed by atoms with Gasteiger partial charge in [0.15, 0.2) is 5.75 Å². The molecule has 0 radical (unpaired) electrons. The van der Waals surface area contributed by atoms with Gasteiger partial charge in [-0.05, 0) is 39.7 Å². The summed E-state index contributed by atoms with van der Waals surface area (Å²) < 4.78 is 12.8. The lowest BCUT2D eigenvalue weighted by atomic mass is 10.0. The van der Waals surface area contributed by atoms with E-state index in [0.717, 1.165) is 43.8 Å². The molecule has 5 heteroatoms. The normalized spacial score (nSPS) is 14.2. The molecule has 1 aromatic rings. The summed E-state index contributed by atoms with van der Waals surface area (Å²) in [5, 5.41) is 8.01. The highest BCUT2D eigenvalue weighted by atomic mass is 16.5. The summed E-state index contributed by atoms with van der Waals surface area (Å²) in [5.74, 6) is 0.866. The Kier molecular flexibility index (Phi) is 7.62. The van der Waals surface area contributed by atoms with Gasteiger partial charge < -0.3 is 14.8 Å². The number of nitrogens with zero attached hydrogens (tertiary/aromatic N) is 2. The third kappa shape index (κ3) is 4.49. The standard InChI is InChI=1S/C15H29N3O2/c1-6-10-16-13(9-8-12(3)19-4)15-14(20-5)11-17-18(15)7-2/h11-13,16H,6-10H2,1-5H3. The van der Waals surface area contributed by atoms with Gasteiger partial charge >= 0.3 is 0 Å². The van der Waals surface area contributed by atoms with Crippen molar-refractivity contribution in [3.63, 3.8) is 0 Å². The molecule has 0 saturated heterocycles. The number of methoxy groups -OCH3 is 2. The zero-order valence-electron chi connectivity index (χ0n) is 13.5. The van der Waals surface area contributed by atoms with E-state index in [4.69, 9.17) is 9.47 Å². The van der Waals surface area contributed by atoms with Crippen LogP contribution in [-0.4, -0.2) is 36.6 Å². The van der Waals surface area contributed by atoms with Gasteiger partial charge in [-0.3, -0.25) is 4.68 Å². The molecule has 0 saturated carbocycles. The molecule has 1 N–H and O–H groups in total. The van der Waals surface area contributed by atoms with E-state index in [1.165, 1.54) is 0 Å². The van der Waals surface area contributed by atoms with Crippen LogP contribution in [0.15, 0.2) is 6.20 Å². The number of hydrogen-bond acceptors (Lipinski definition) is 4. The third-order valence-electron chi connectivity index (χ3n) is 3.60. The molecule has 1 aromatic heterocycles. The van der Waals surface area contributed by atoms with Crippen molar-refractivity contribution in [3.05, 3.63) is 11.9 Å². The lowest BCUT2D eigenvalue weighted by Gasteiger charge is -2.22. The van der Waals surface area contributed by atoms with Crippen molar-refractivity contribution in [1.82, 2.24) is 15.1 Å². The first kappa shape index (κ1) is 17.0. The molecule has 5 nitrogen and oxygen atoms in total. The van der Waals surface area contributed by atoms with E-state index in [2.05, 4.69) is 31.2 Å². The first-order chi connectivity index (χ1) is 9.67. The summed E-state index contributed by atoms with van der Waals surface area (Å²) in [4.78, 5) is 0. The average Bonchev–Trinajstić information content (AvgIpc) is 2.89. The van der Waals surface area contributed by atoms with Crippen LogP contribution in [0.3, 0.4) is 0 Å². The van der Waals surface area contributed by atoms with Gasteiger partial charge in [0.2, 0.25) is 0 Å². The highest BCUT2D eigenvalue weighted by Gasteiger charge is 2.21. The SMILES string of the molecule is CCCNC(CCC(C)OC)c1c(OC)cnn1CC. The van der Waals surface area contributed by atoms with Crippen molar-refractivity contribution in [2.75, 3.05) is 20.8 Å². The van der Waals surface area contributed by atoms with Gasteiger partial charge in [0, 0.05) is 13.7 Å². The highest BCUT2D eigenvalue weighted by Crippen LogP contribution is 2.28. The first-order valence-electron chi connectivity index (χ1n) is 7.53. The van der Waals surface area contributed by atoms with Crippen LogP contribution in [0.4, 0.5) is 0 Å². The quantitative estimate of drug-likeness (QED) is 0.717. The van der Waals surface area contributed by atoms with Crippen LogP contribution in [-0.2, 0) is 11.3 Å². The predicted molar refractivity (Wildman–Crippen MR) is 81.2 cm³/mol. The zero-order chi connectivity index (χ0) is 15.0. The number of ether oxygens (including phenoxy) is 2. The molecule has 0 amide bonds. The molecular weight excluding hydrogens is 254 g/mol. The summed E-state index contributed by atoms with van der Waals surface area (Å²) in [7, 11) is 3.46. The fraction of sp³-hybridized carbons (Fsp3) is 0.800. The van der Waals surface area contributed by atoms with Crippen LogP contribution in [0.5, 0.6) is 5.75 Å². The lowest BCUT2D eigenvalue weighted by Crippen LogP contribution is -2.26. The van der Waals surface area contributed by atoms with Gasteiger partial charge in [0.1, 0.15) is 0 Å². The first-order valence-corrected chi connectivity index (χ1v) is 7.53. The van der Waals surface area contributed by atoms with E-state index in [-0.39, 0.29) is 12.1 Å². The van der Waals surface area contributed by atoms with Gasteiger partial charge in [-0.1, -0.05) is 6.92 Å². The fourth-order valence-electron chi connectivity index (χ4n) is 2.31. The maximum Gasteiger partial charge on any atom is 0.161 e. The Bertz CT molecular complexity index is 358. The van der Waals surface area contributed by atoms with E-state index in [1.54, 1.807) is 20.4 Å². The summed E-state index contributed by atoms with van der Waals surface area (Å²) in [5.41, 5.74) is 1.15. The molecule has 1 heterocycles. The number of aromatic nitrogens is 2.